The third-order valence-corrected chi connectivity index (χ3v) is 3.52. The first-order valence-corrected chi connectivity index (χ1v) is 6.16. The van der Waals surface area contributed by atoms with Gasteiger partial charge in [-0.05, 0) is 18.8 Å². The summed E-state index contributed by atoms with van der Waals surface area (Å²) >= 11 is 0. The van der Waals surface area contributed by atoms with Gasteiger partial charge in [0.05, 0.1) is 0 Å². The molecule has 2 saturated heterocycles. The minimum atomic E-state index is -0.759. The Morgan fingerprint density at radius 1 is 1.31 bits per heavy atom. The van der Waals surface area contributed by atoms with Crippen molar-refractivity contribution >= 4 is 6.09 Å². The highest BCUT2D eigenvalue weighted by atomic mass is 16.4. The number of carbonyl (C=O) groups is 1. The van der Waals surface area contributed by atoms with Gasteiger partial charge in [0.2, 0.25) is 0 Å². The van der Waals surface area contributed by atoms with Crippen LogP contribution in [0.4, 0.5) is 4.79 Å². The molecule has 0 bridgehead atoms. The number of rotatable bonds is 2. The summed E-state index contributed by atoms with van der Waals surface area (Å²) in [6.45, 7) is 6.83. The number of nitrogens with one attached hydrogen (secondary N) is 1. The van der Waals surface area contributed by atoms with Gasteiger partial charge >= 0.3 is 6.09 Å². The molecule has 0 radical (unpaired) electrons. The van der Waals surface area contributed by atoms with Crippen LogP contribution in [0.5, 0.6) is 0 Å². The minimum absolute atomic E-state index is 0.531. The van der Waals surface area contributed by atoms with Crippen molar-refractivity contribution in [3.63, 3.8) is 0 Å². The molecule has 5 nitrogen and oxygen atoms in total. The molecule has 2 N–H and O–H groups in total. The fourth-order valence-corrected chi connectivity index (χ4v) is 2.65. The molecule has 0 spiro atoms. The van der Waals surface area contributed by atoms with Gasteiger partial charge < -0.3 is 20.2 Å². The van der Waals surface area contributed by atoms with Crippen LogP contribution < -0.4 is 5.32 Å². The molecule has 5 heteroatoms. The molecule has 2 rings (SSSR count). The summed E-state index contributed by atoms with van der Waals surface area (Å²) in [7, 11) is 0. The molecule has 1 atom stereocenters. The number of likely N-dealkylation sites (tertiary alicyclic amines) is 1. The first-order valence-electron chi connectivity index (χ1n) is 6.16. The van der Waals surface area contributed by atoms with E-state index in [1.165, 1.54) is 6.42 Å². The largest absolute Gasteiger partial charge is 0.465 e. The van der Waals surface area contributed by atoms with Gasteiger partial charge in [-0.1, -0.05) is 0 Å². The van der Waals surface area contributed by atoms with Crippen molar-refractivity contribution in [3.05, 3.63) is 0 Å². The van der Waals surface area contributed by atoms with Crippen LogP contribution in [0.1, 0.15) is 12.8 Å². The Bertz CT molecular complexity index is 241. The van der Waals surface area contributed by atoms with Crippen molar-refractivity contribution in [2.45, 2.75) is 12.8 Å². The van der Waals surface area contributed by atoms with Crippen molar-refractivity contribution in [1.29, 1.82) is 0 Å². The van der Waals surface area contributed by atoms with Crippen LogP contribution in [0.2, 0.25) is 0 Å². The van der Waals surface area contributed by atoms with Crippen molar-refractivity contribution < 1.29 is 9.90 Å². The standard InChI is InChI=1S/C11H21N3O2/c15-11(16)14-5-1-2-10(9-14)8-13-6-3-12-4-7-13/h10,12H,1-9H2,(H,15,16). The van der Waals surface area contributed by atoms with Gasteiger partial charge in [0.1, 0.15) is 0 Å². The van der Waals surface area contributed by atoms with Crippen LogP contribution in [-0.2, 0) is 0 Å². The van der Waals surface area contributed by atoms with E-state index < -0.39 is 6.09 Å². The molecule has 1 unspecified atom stereocenters. The Morgan fingerprint density at radius 3 is 2.75 bits per heavy atom. The number of piperidine rings is 1. The summed E-state index contributed by atoms with van der Waals surface area (Å²) in [6.07, 6.45) is 1.43. The summed E-state index contributed by atoms with van der Waals surface area (Å²) < 4.78 is 0. The molecule has 2 heterocycles. The molecular formula is C11H21N3O2. The number of hydrogen-bond donors (Lipinski definition) is 2. The van der Waals surface area contributed by atoms with E-state index in [0.29, 0.717) is 12.5 Å². The van der Waals surface area contributed by atoms with Gasteiger partial charge in [-0.2, -0.15) is 0 Å². The molecule has 0 aromatic rings. The molecule has 0 saturated carbocycles. The lowest BCUT2D eigenvalue weighted by Gasteiger charge is -2.35. The monoisotopic (exact) mass is 227 g/mol. The number of hydrogen-bond acceptors (Lipinski definition) is 3. The van der Waals surface area contributed by atoms with Crippen LogP contribution in [0, 0.1) is 5.92 Å². The van der Waals surface area contributed by atoms with E-state index >= 15 is 0 Å². The Hall–Kier alpha value is -0.810. The number of carboxylic acid groups (broad SMARTS) is 1. The molecular weight excluding hydrogens is 206 g/mol. The maximum absolute atomic E-state index is 10.9. The zero-order valence-corrected chi connectivity index (χ0v) is 9.69. The van der Waals surface area contributed by atoms with Gasteiger partial charge in [0.15, 0.2) is 0 Å². The van der Waals surface area contributed by atoms with E-state index in [-0.39, 0.29) is 0 Å². The van der Waals surface area contributed by atoms with Crippen molar-refractivity contribution in [3.8, 4) is 0 Å². The topological polar surface area (TPSA) is 55.8 Å². The van der Waals surface area contributed by atoms with Crippen LogP contribution in [-0.4, -0.2) is 66.8 Å². The lowest BCUT2D eigenvalue weighted by atomic mass is 9.97. The summed E-state index contributed by atoms with van der Waals surface area (Å²) in [5.41, 5.74) is 0. The van der Waals surface area contributed by atoms with Crippen LogP contribution in [0.25, 0.3) is 0 Å². The molecule has 0 aromatic heterocycles. The Kier molecular flexibility index (Phi) is 4.01. The van der Waals surface area contributed by atoms with Gasteiger partial charge in [-0.25, -0.2) is 4.79 Å². The van der Waals surface area contributed by atoms with Gasteiger partial charge in [0.25, 0.3) is 0 Å². The van der Waals surface area contributed by atoms with Crippen molar-refractivity contribution in [2.24, 2.45) is 5.92 Å². The summed E-state index contributed by atoms with van der Waals surface area (Å²) in [5.74, 6) is 0.531. The highest BCUT2D eigenvalue weighted by molar-refractivity contribution is 5.65. The van der Waals surface area contributed by atoms with E-state index in [1.807, 2.05) is 0 Å². The fraction of sp³-hybridized carbons (Fsp3) is 0.909. The van der Waals surface area contributed by atoms with E-state index in [4.69, 9.17) is 5.11 Å². The highest BCUT2D eigenvalue weighted by Crippen LogP contribution is 2.17. The molecule has 1 amide bonds. The first kappa shape index (κ1) is 11.7. The lowest BCUT2D eigenvalue weighted by molar-refractivity contribution is 0.104. The second kappa shape index (κ2) is 5.50. The van der Waals surface area contributed by atoms with Crippen molar-refractivity contribution in [1.82, 2.24) is 15.1 Å². The van der Waals surface area contributed by atoms with E-state index in [1.54, 1.807) is 4.90 Å². The summed E-state index contributed by atoms with van der Waals surface area (Å²) in [4.78, 5) is 14.9. The first-order chi connectivity index (χ1) is 7.75. The Morgan fingerprint density at radius 2 is 2.06 bits per heavy atom. The Labute approximate surface area is 96.4 Å². The van der Waals surface area contributed by atoms with Gasteiger partial charge in [-0.3, -0.25) is 0 Å². The molecule has 2 fully saturated rings. The number of nitrogens with zero attached hydrogens (tertiary/aromatic N) is 2. The number of amides is 1. The molecule has 92 valence electrons. The van der Waals surface area contributed by atoms with Crippen LogP contribution in [0.15, 0.2) is 0 Å². The zero-order valence-electron chi connectivity index (χ0n) is 9.69. The average molecular weight is 227 g/mol. The van der Waals surface area contributed by atoms with E-state index in [9.17, 15) is 4.79 Å². The lowest BCUT2D eigenvalue weighted by Crippen LogP contribution is -2.48. The van der Waals surface area contributed by atoms with Gasteiger partial charge in [-0.15, -0.1) is 0 Å². The normalized spacial score (nSPS) is 28.0. The predicted octanol–water partition coefficient (Wildman–Crippen LogP) is 0.282. The molecule has 0 aliphatic carbocycles. The smallest absolute Gasteiger partial charge is 0.407 e. The highest BCUT2D eigenvalue weighted by Gasteiger charge is 2.25. The van der Waals surface area contributed by atoms with E-state index in [0.717, 1.165) is 45.7 Å². The second-order valence-electron chi connectivity index (χ2n) is 4.79. The maximum Gasteiger partial charge on any atom is 0.407 e. The van der Waals surface area contributed by atoms with Crippen molar-refractivity contribution in [2.75, 3.05) is 45.8 Å². The predicted molar refractivity (Wildman–Crippen MR) is 61.6 cm³/mol. The number of piperazine rings is 1. The molecule has 2 aliphatic heterocycles. The quantitative estimate of drug-likeness (QED) is 0.711. The Balaban J connectivity index is 1.78. The third-order valence-electron chi connectivity index (χ3n) is 3.52. The third kappa shape index (κ3) is 3.09. The summed E-state index contributed by atoms with van der Waals surface area (Å²) in [6, 6.07) is 0. The SMILES string of the molecule is O=C(O)N1CCCC(CN2CCNCC2)C1. The van der Waals surface area contributed by atoms with Gasteiger partial charge in [0, 0.05) is 45.8 Å². The zero-order chi connectivity index (χ0) is 11.4. The average Bonchev–Trinajstić information content (AvgIpc) is 2.30. The van der Waals surface area contributed by atoms with Crippen LogP contribution >= 0.6 is 0 Å². The van der Waals surface area contributed by atoms with E-state index in [2.05, 4.69) is 10.2 Å². The minimum Gasteiger partial charge on any atom is -0.465 e. The molecule has 0 aromatic carbocycles. The second-order valence-corrected chi connectivity index (χ2v) is 4.79. The summed E-state index contributed by atoms with van der Waals surface area (Å²) in [5, 5.41) is 12.3. The maximum atomic E-state index is 10.9. The fourth-order valence-electron chi connectivity index (χ4n) is 2.65. The van der Waals surface area contributed by atoms with Crippen LogP contribution in [0.3, 0.4) is 0 Å². The molecule has 2 aliphatic rings. The molecule has 16 heavy (non-hydrogen) atoms.